The van der Waals surface area contributed by atoms with Gasteiger partial charge in [0.25, 0.3) is 5.91 Å². The summed E-state index contributed by atoms with van der Waals surface area (Å²) in [5.41, 5.74) is 7.94. The normalized spacial score (nSPS) is 11.3. The first kappa shape index (κ1) is 23.4. The Balaban J connectivity index is 1.86. The number of amides is 1. The van der Waals surface area contributed by atoms with Crippen molar-refractivity contribution in [2.75, 3.05) is 18.4 Å². The van der Waals surface area contributed by atoms with Gasteiger partial charge >= 0.3 is 5.97 Å². The van der Waals surface area contributed by atoms with Crippen molar-refractivity contribution >= 4 is 17.7 Å². The molecule has 0 saturated carbocycles. The second kappa shape index (κ2) is 10.8. The number of aliphatic carboxylic acids is 1. The third kappa shape index (κ3) is 6.12. The van der Waals surface area contributed by atoms with Gasteiger partial charge in [-0.1, -0.05) is 30.3 Å². The zero-order valence-electron chi connectivity index (χ0n) is 17.6. The molecule has 2 aromatic carbocycles. The number of nitrogens with zero attached hydrogens (tertiary/aromatic N) is 2. The Kier molecular flexibility index (Phi) is 7.68. The summed E-state index contributed by atoms with van der Waals surface area (Å²) >= 11 is 0. The fraction of sp³-hybridized carbons (Fsp3) is 0.167. The van der Waals surface area contributed by atoms with E-state index >= 15 is 0 Å². The van der Waals surface area contributed by atoms with Gasteiger partial charge in [0.2, 0.25) is 0 Å². The van der Waals surface area contributed by atoms with E-state index in [9.17, 15) is 19.2 Å². The van der Waals surface area contributed by atoms with Crippen LogP contribution >= 0.6 is 0 Å². The van der Waals surface area contributed by atoms with Crippen LogP contribution in [0.3, 0.4) is 0 Å². The van der Waals surface area contributed by atoms with Crippen molar-refractivity contribution in [3.05, 3.63) is 83.2 Å². The molecule has 0 saturated heterocycles. The first-order valence-corrected chi connectivity index (χ1v) is 10.1. The molecule has 0 bridgehead atoms. The number of anilines is 1. The van der Waals surface area contributed by atoms with E-state index < -0.39 is 17.9 Å². The predicted molar refractivity (Wildman–Crippen MR) is 121 cm³/mol. The lowest BCUT2D eigenvalue weighted by molar-refractivity contribution is -0.138. The maximum atomic E-state index is 13.4. The molecule has 3 aromatic rings. The monoisotopic (exact) mass is 447 g/mol. The highest BCUT2D eigenvalue weighted by Crippen LogP contribution is 2.25. The van der Waals surface area contributed by atoms with Gasteiger partial charge in [-0.25, -0.2) is 9.37 Å². The summed E-state index contributed by atoms with van der Waals surface area (Å²) in [6, 6.07) is 17.2. The van der Waals surface area contributed by atoms with Gasteiger partial charge in [0, 0.05) is 18.7 Å². The second-order valence-corrected chi connectivity index (χ2v) is 7.21. The van der Waals surface area contributed by atoms with E-state index in [1.54, 1.807) is 48.5 Å². The van der Waals surface area contributed by atoms with Crippen molar-refractivity contribution in [3.63, 3.8) is 0 Å². The number of pyridine rings is 1. The van der Waals surface area contributed by atoms with Gasteiger partial charge in [-0.15, -0.1) is 0 Å². The number of nitrogens with one attached hydrogen (secondary N) is 2. The minimum atomic E-state index is -1.24. The Hall–Kier alpha value is -4.29. The minimum Gasteiger partial charge on any atom is -0.480 e. The zero-order chi connectivity index (χ0) is 23.8. The molecule has 8 nitrogen and oxygen atoms in total. The van der Waals surface area contributed by atoms with Gasteiger partial charge in [0.15, 0.2) is 0 Å². The largest absolute Gasteiger partial charge is 0.480 e. The van der Waals surface area contributed by atoms with Crippen LogP contribution in [0.5, 0.6) is 0 Å². The molecule has 0 fully saturated rings. The van der Waals surface area contributed by atoms with E-state index in [2.05, 4.69) is 21.7 Å². The first-order chi connectivity index (χ1) is 15.9. The average molecular weight is 447 g/mol. The lowest BCUT2D eigenvalue weighted by Crippen LogP contribution is -2.42. The number of nitriles is 1. The molecule has 1 aromatic heterocycles. The number of carbonyl (C=O) groups is 2. The maximum Gasteiger partial charge on any atom is 0.322 e. The molecule has 9 heteroatoms. The molecule has 0 aliphatic carbocycles. The SMILES string of the molecule is N#Cc1ccccc1-c1ccc(C(=O)NC[C@H](N)C(=O)O)c(NCCc2cccc(F)c2)n1. The fourth-order valence-electron chi connectivity index (χ4n) is 3.13. The summed E-state index contributed by atoms with van der Waals surface area (Å²) in [7, 11) is 0. The van der Waals surface area contributed by atoms with Crippen LogP contribution in [0, 0.1) is 17.1 Å². The molecule has 1 atom stereocenters. The number of aromatic nitrogens is 1. The van der Waals surface area contributed by atoms with Crippen LogP contribution in [0.25, 0.3) is 11.3 Å². The van der Waals surface area contributed by atoms with E-state index in [1.807, 2.05) is 0 Å². The summed E-state index contributed by atoms with van der Waals surface area (Å²) < 4.78 is 13.4. The molecule has 0 radical (unpaired) electrons. The zero-order valence-corrected chi connectivity index (χ0v) is 17.6. The highest BCUT2D eigenvalue weighted by molar-refractivity contribution is 5.99. The van der Waals surface area contributed by atoms with Crippen LogP contribution in [0.2, 0.25) is 0 Å². The second-order valence-electron chi connectivity index (χ2n) is 7.21. The number of carbonyl (C=O) groups excluding carboxylic acids is 1. The van der Waals surface area contributed by atoms with Crippen LogP contribution < -0.4 is 16.4 Å². The van der Waals surface area contributed by atoms with Crippen LogP contribution in [-0.2, 0) is 11.2 Å². The van der Waals surface area contributed by atoms with Crippen LogP contribution in [-0.4, -0.2) is 41.1 Å². The molecule has 0 unspecified atom stereocenters. The summed E-state index contributed by atoms with van der Waals surface area (Å²) in [4.78, 5) is 28.2. The van der Waals surface area contributed by atoms with E-state index in [-0.39, 0.29) is 23.7 Å². The van der Waals surface area contributed by atoms with Crippen molar-refractivity contribution in [1.82, 2.24) is 10.3 Å². The number of carboxylic acid groups (broad SMARTS) is 1. The lowest BCUT2D eigenvalue weighted by Gasteiger charge is -2.14. The molecule has 0 aliphatic heterocycles. The van der Waals surface area contributed by atoms with Crippen molar-refractivity contribution < 1.29 is 19.1 Å². The number of nitrogens with two attached hydrogens (primary N) is 1. The number of hydrogen-bond acceptors (Lipinski definition) is 6. The maximum absolute atomic E-state index is 13.4. The topological polar surface area (TPSA) is 141 Å². The standard InChI is InChI=1S/C24H22FN5O3/c25-17-6-3-4-15(12-17)10-11-28-22-19(23(31)29-14-20(27)24(32)33)8-9-21(30-22)18-7-2-1-5-16(18)13-26/h1-9,12,20H,10-11,14,27H2,(H,28,30)(H,29,31)(H,32,33)/t20-/m0/s1. The molecule has 1 amide bonds. The van der Waals surface area contributed by atoms with Gasteiger partial charge in [-0.2, -0.15) is 5.26 Å². The van der Waals surface area contributed by atoms with Crippen LogP contribution in [0.1, 0.15) is 21.5 Å². The van der Waals surface area contributed by atoms with E-state index in [1.165, 1.54) is 12.1 Å². The van der Waals surface area contributed by atoms with Crippen LogP contribution in [0.15, 0.2) is 60.7 Å². The summed E-state index contributed by atoms with van der Waals surface area (Å²) in [5.74, 6) is -1.87. The molecule has 5 N–H and O–H groups in total. The van der Waals surface area contributed by atoms with Crippen molar-refractivity contribution in [1.29, 1.82) is 5.26 Å². The minimum absolute atomic E-state index is 0.185. The molecule has 1 heterocycles. The Labute approximate surface area is 189 Å². The summed E-state index contributed by atoms with van der Waals surface area (Å²) in [5, 5.41) is 23.9. The Morgan fingerprint density at radius 2 is 1.94 bits per heavy atom. The Morgan fingerprint density at radius 1 is 1.15 bits per heavy atom. The van der Waals surface area contributed by atoms with Gasteiger partial charge < -0.3 is 21.5 Å². The summed E-state index contributed by atoms with van der Waals surface area (Å²) in [6.07, 6.45) is 0.476. The molecule has 0 spiro atoms. The lowest BCUT2D eigenvalue weighted by atomic mass is 10.0. The van der Waals surface area contributed by atoms with Crippen LogP contribution in [0.4, 0.5) is 10.2 Å². The molecular weight excluding hydrogens is 425 g/mol. The Bertz CT molecular complexity index is 1210. The average Bonchev–Trinajstić information content (AvgIpc) is 2.82. The smallest absolute Gasteiger partial charge is 0.322 e. The highest BCUT2D eigenvalue weighted by atomic mass is 19.1. The van der Waals surface area contributed by atoms with Crippen molar-refractivity contribution in [3.8, 4) is 17.3 Å². The number of benzene rings is 2. The quantitative estimate of drug-likeness (QED) is 0.395. The van der Waals surface area contributed by atoms with Gasteiger partial charge in [-0.05, 0) is 42.3 Å². The third-order valence-electron chi connectivity index (χ3n) is 4.86. The fourth-order valence-corrected chi connectivity index (χ4v) is 3.13. The molecule has 168 valence electrons. The van der Waals surface area contributed by atoms with Gasteiger partial charge in [0.1, 0.15) is 17.7 Å². The first-order valence-electron chi connectivity index (χ1n) is 10.1. The third-order valence-corrected chi connectivity index (χ3v) is 4.86. The summed E-state index contributed by atoms with van der Waals surface area (Å²) in [6.45, 7) is 0.102. The Morgan fingerprint density at radius 3 is 2.67 bits per heavy atom. The predicted octanol–water partition coefficient (Wildman–Crippen LogP) is 2.56. The molecular formula is C24H22FN5O3. The molecule has 3 rings (SSSR count). The number of carboxylic acids is 1. The van der Waals surface area contributed by atoms with E-state index in [0.717, 1.165) is 5.56 Å². The van der Waals surface area contributed by atoms with E-state index in [0.29, 0.717) is 29.8 Å². The number of rotatable bonds is 9. The number of halogens is 1. The van der Waals surface area contributed by atoms with Crippen molar-refractivity contribution in [2.24, 2.45) is 5.73 Å². The number of hydrogen-bond donors (Lipinski definition) is 4. The highest BCUT2D eigenvalue weighted by Gasteiger charge is 2.18. The molecule has 0 aliphatic rings. The van der Waals surface area contributed by atoms with E-state index in [4.69, 9.17) is 10.8 Å². The molecule has 33 heavy (non-hydrogen) atoms. The van der Waals surface area contributed by atoms with Gasteiger partial charge in [0.05, 0.1) is 22.9 Å². The van der Waals surface area contributed by atoms with Crippen molar-refractivity contribution in [2.45, 2.75) is 12.5 Å². The van der Waals surface area contributed by atoms with Gasteiger partial charge in [-0.3, -0.25) is 9.59 Å².